The summed E-state index contributed by atoms with van der Waals surface area (Å²) in [4.78, 5) is 25.9. The summed E-state index contributed by atoms with van der Waals surface area (Å²) < 4.78 is 0. The lowest BCUT2D eigenvalue weighted by atomic mass is 9.74. The second kappa shape index (κ2) is 10.2. The zero-order chi connectivity index (χ0) is 23.3. The fourth-order valence-corrected chi connectivity index (χ4v) is 5.16. The van der Waals surface area contributed by atoms with Crippen molar-refractivity contribution in [2.24, 2.45) is 0 Å². The minimum absolute atomic E-state index is 0.0290. The lowest BCUT2D eigenvalue weighted by Crippen LogP contribution is -2.67. The molecule has 0 spiro atoms. The van der Waals surface area contributed by atoms with Gasteiger partial charge in [-0.1, -0.05) is 24.1 Å². The molecule has 0 bridgehead atoms. The van der Waals surface area contributed by atoms with E-state index >= 15 is 0 Å². The lowest BCUT2D eigenvalue weighted by molar-refractivity contribution is -0.0606. The summed E-state index contributed by atoms with van der Waals surface area (Å²) in [6.45, 7) is 2.46. The van der Waals surface area contributed by atoms with Crippen molar-refractivity contribution in [1.29, 1.82) is 0 Å². The van der Waals surface area contributed by atoms with E-state index in [0.717, 1.165) is 37.2 Å². The number of carbonyl (C=O) groups is 1. The molecule has 1 N–H and O–H groups in total. The number of benzene rings is 1. The summed E-state index contributed by atoms with van der Waals surface area (Å²) >= 11 is 0. The van der Waals surface area contributed by atoms with Gasteiger partial charge in [0.05, 0.1) is 12.2 Å². The minimum Gasteiger partial charge on any atom is -0.395 e. The standard InChI is InChI=1S/C28H28N4O2/c33-20-26-27(22-11-8-21(9-12-22)10-13-24-7-1-2-15-30-24)25-19-31(16-3-4-17-32(25)26)28(34)23-6-5-14-29-18-23/h1-2,5-9,11-12,14-15,18,25-27,33H,3-4,16-17,19-20H2/t25-,26+,27-/m0/s1. The highest BCUT2D eigenvalue weighted by Gasteiger charge is 2.49. The van der Waals surface area contributed by atoms with Crippen LogP contribution in [0.2, 0.25) is 0 Å². The van der Waals surface area contributed by atoms with Gasteiger partial charge in [0.15, 0.2) is 0 Å². The van der Waals surface area contributed by atoms with Crippen molar-refractivity contribution in [3.05, 3.63) is 95.6 Å². The number of fused-ring (bicyclic) bond motifs is 1. The number of hydrogen-bond acceptors (Lipinski definition) is 5. The Labute approximate surface area is 200 Å². The first-order chi connectivity index (χ1) is 16.7. The topological polar surface area (TPSA) is 69.6 Å². The lowest BCUT2D eigenvalue weighted by Gasteiger charge is -2.57. The summed E-state index contributed by atoms with van der Waals surface area (Å²) in [7, 11) is 0. The highest BCUT2D eigenvalue weighted by Crippen LogP contribution is 2.42. The van der Waals surface area contributed by atoms with Crippen LogP contribution < -0.4 is 0 Å². The first kappa shape index (κ1) is 22.3. The van der Waals surface area contributed by atoms with Crippen LogP contribution >= 0.6 is 0 Å². The average Bonchev–Trinajstić information content (AvgIpc) is 2.88. The second-order valence-electron chi connectivity index (χ2n) is 8.87. The number of hydrogen-bond donors (Lipinski definition) is 1. The molecule has 0 aliphatic carbocycles. The van der Waals surface area contributed by atoms with Crippen molar-refractivity contribution >= 4 is 5.91 Å². The number of nitrogens with zero attached hydrogens (tertiary/aromatic N) is 4. The van der Waals surface area contributed by atoms with Crippen molar-refractivity contribution in [3.8, 4) is 11.8 Å². The van der Waals surface area contributed by atoms with Crippen LogP contribution in [0.4, 0.5) is 0 Å². The Morgan fingerprint density at radius 1 is 1.00 bits per heavy atom. The molecular formula is C28H28N4O2. The molecule has 4 heterocycles. The van der Waals surface area contributed by atoms with Gasteiger partial charge in [0, 0.05) is 55.2 Å². The third-order valence-corrected chi connectivity index (χ3v) is 6.86. The molecule has 6 heteroatoms. The molecule has 2 saturated heterocycles. The maximum atomic E-state index is 13.2. The Kier molecular flexibility index (Phi) is 6.66. The van der Waals surface area contributed by atoms with Gasteiger partial charge in [-0.15, -0.1) is 0 Å². The summed E-state index contributed by atoms with van der Waals surface area (Å²) in [5.41, 5.74) is 3.48. The van der Waals surface area contributed by atoms with E-state index in [1.807, 2.05) is 41.3 Å². The zero-order valence-electron chi connectivity index (χ0n) is 19.0. The van der Waals surface area contributed by atoms with Crippen molar-refractivity contribution < 1.29 is 9.90 Å². The number of aliphatic hydroxyl groups excluding tert-OH is 1. The largest absolute Gasteiger partial charge is 0.395 e. The second-order valence-corrected chi connectivity index (χ2v) is 8.87. The molecule has 2 aliphatic heterocycles. The van der Waals surface area contributed by atoms with E-state index in [1.165, 1.54) is 5.56 Å². The van der Waals surface area contributed by atoms with E-state index in [2.05, 4.69) is 38.8 Å². The number of rotatable bonds is 3. The monoisotopic (exact) mass is 452 g/mol. The molecule has 0 radical (unpaired) electrons. The minimum atomic E-state index is 0.0290. The number of carbonyl (C=O) groups excluding carboxylic acids is 1. The van der Waals surface area contributed by atoms with E-state index in [9.17, 15) is 9.90 Å². The average molecular weight is 453 g/mol. The molecule has 3 aromatic rings. The van der Waals surface area contributed by atoms with Crippen LogP contribution in [0.5, 0.6) is 0 Å². The van der Waals surface area contributed by atoms with Crippen molar-refractivity contribution in [2.45, 2.75) is 30.8 Å². The van der Waals surface area contributed by atoms with Crippen LogP contribution in [0.1, 0.15) is 45.9 Å². The summed E-state index contributed by atoms with van der Waals surface area (Å²) in [6.07, 6.45) is 7.03. The molecule has 2 fully saturated rings. The van der Waals surface area contributed by atoms with E-state index in [4.69, 9.17) is 0 Å². The predicted molar refractivity (Wildman–Crippen MR) is 130 cm³/mol. The molecule has 5 rings (SSSR count). The van der Waals surface area contributed by atoms with E-state index < -0.39 is 0 Å². The maximum Gasteiger partial charge on any atom is 0.255 e. The highest BCUT2D eigenvalue weighted by molar-refractivity contribution is 5.93. The van der Waals surface area contributed by atoms with Gasteiger partial charge in [0.2, 0.25) is 0 Å². The Hall–Kier alpha value is -3.53. The van der Waals surface area contributed by atoms with Crippen molar-refractivity contribution in [2.75, 3.05) is 26.2 Å². The molecule has 6 nitrogen and oxygen atoms in total. The Morgan fingerprint density at radius 3 is 2.59 bits per heavy atom. The molecule has 172 valence electrons. The fraction of sp³-hybridized carbons (Fsp3) is 0.321. The summed E-state index contributed by atoms with van der Waals surface area (Å²) in [6, 6.07) is 17.9. The van der Waals surface area contributed by atoms with Crippen molar-refractivity contribution in [3.63, 3.8) is 0 Å². The quantitative estimate of drug-likeness (QED) is 0.619. The molecule has 2 aromatic heterocycles. The smallest absolute Gasteiger partial charge is 0.255 e. The van der Waals surface area contributed by atoms with Crippen molar-refractivity contribution in [1.82, 2.24) is 19.8 Å². The van der Waals surface area contributed by atoms with Crippen LogP contribution in [0.25, 0.3) is 0 Å². The predicted octanol–water partition coefficient (Wildman–Crippen LogP) is 2.94. The van der Waals surface area contributed by atoms with Crippen LogP contribution in [-0.2, 0) is 0 Å². The normalized spacial score (nSPS) is 22.4. The molecular weight excluding hydrogens is 424 g/mol. The van der Waals surface area contributed by atoms with E-state index in [0.29, 0.717) is 12.1 Å². The molecule has 3 atom stereocenters. The van der Waals surface area contributed by atoms with Gasteiger partial charge in [-0.05, 0) is 67.3 Å². The van der Waals surface area contributed by atoms with Gasteiger partial charge in [-0.25, -0.2) is 4.98 Å². The number of aliphatic hydroxyl groups is 1. The SMILES string of the molecule is O=C(c1cccnc1)N1CCCCN2[C@H](CO)[C@@H](c3ccc(C#Cc4ccccn4)cc3)[C@@H]2C1. The molecule has 2 aliphatic rings. The third kappa shape index (κ3) is 4.58. The van der Waals surface area contributed by atoms with Gasteiger partial charge in [0.25, 0.3) is 5.91 Å². The third-order valence-electron chi connectivity index (χ3n) is 6.86. The van der Waals surface area contributed by atoms with Crippen LogP contribution in [0.3, 0.4) is 0 Å². The molecule has 0 saturated carbocycles. The van der Waals surface area contributed by atoms with Gasteiger partial charge < -0.3 is 10.0 Å². The van der Waals surface area contributed by atoms with Gasteiger partial charge in [-0.3, -0.25) is 14.7 Å². The first-order valence-electron chi connectivity index (χ1n) is 11.8. The van der Waals surface area contributed by atoms with Crippen LogP contribution in [0, 0.1) is 11.8 Å². The molecule has 1 aromatic carbocycles. The highest BCUT2D eigenvalue weighted by atomic mass is 16.3. The molecule has 1 amide bonds. The number of amides is 1. The fourth-order valence-electron chi connectivity index (χ4n) is 5.16. The van der Waals surface area contributed by atoms with Gasteiger partial charge in [0.1, 0.15) is 5.69 Å². The Bertz CT molecular complexity index is 1170. The zero-order valence-corrected chi connectivity index (χ0v) is 19.0. The summed E-state index contributed by atoms with van der Waals surface area (Å²) in [5, 5.41) is 10.2. The Balaban J connectivity index is 1.35. The summed E-state index contributed by atoms with van der Waals surface area (Å²) in [5.74, 6) is 6.47. The van der Waals surface area contributed by atoms with E-state index in [-0.39, 0.29) is 30.5 Å². The Morgan fingerprint density at radius 2 is 1.85 bits per heavy atom. The number of pyridine rings is 2. The molecule has 0 unspecified atom stereocenters. The molecule has 34 heavy (non-hydrogen) atoms. The maximum absolute atomic E-state index is 13.2. The van der Waals surface area contributed by atoms with Crippen LogP contribution in [0.15, 0.2) is 73.2 Å². The van der Waals surface area contributed by atoms with Gasteiger partial charge in [-0.2, -0.15) is 0 Å². The first-order valence-corrected chi connectivity index (χ1v) is 11.8. The van der Waals surface area contributed by atoms with Crippen LogP contribution in [-0.4, -0.2) is 69.1 Å². The van der Waals surface area contributed by atoms with Gasteiger partial charge >= 0.3 is 0 Å². The number of aromatic nitrogens is 2. The van der Waals surface area contributed by atoms with E-state index in [1.54, 1.807) is 24.7 Å².